The van der Waals surface area contributed by atoms with Gasteiger partial charge in [-0.05, 0) is 61.7 Å². The Morgan fingerprint density at radius 2 is 1.74 bits per heavy atom. The van der Waals surface area contributed by atoms with E-state index in [4.69, 9.17) is 32.7 Å². The lowest BCUT2D eigenvalue weighted by molar-refractivity contribution is -0.122. The molecule has 0 aromatic heterocycles. The second kappa shape index (κ2) is 12.1. The summed E-state index contributed by atoms with van der Waals surface area (Å²) >= 11 is 12.7. The number of carbonyl (C=O) groups is 3. The number of rotatable bonds is 10. The van der Waals surface area contributed by atoms with Crippen LogP contribution in [0.4, 0.5) is 10.5 Å². The number of nitrogens with one attached hydrogen (secondary N) is 1. The van der Waals surface area contributed by atoms with Crippen molar-refractivity contribution in [2.75, 3.05) is 18.1 Å². The maximum atomic E-state index is 13.2. The molecule has 2 aromatic rings. The smallest absolute Gasteiger partial charge is 0.335 e. The third kappa shape index (κ3) is 6.35. The zero-order valence-corrected chi connectivity index (χ0v) is 21.5. The monoisotopic (exact) mass is 518 g/mol. The maximum Gasteiger partial charge on any atom is 0.335 e. The fraction of sp³-hybridized carbons (Fsp3) is 0.346. The van der Waals surface area contributed by atoms with E-state index in [1.165, 1.54) is 12.1 Å². The molecule has 1 saturated heterocycles. The Bertz CT molecular complexity index is 1160. The van der Waals surface area contributed by atoms with Crippen LogP contribution in [0.3, 0.4) is 0 Å². The van der Waals surface area contributed by atoms with E-state index in [0.717, 1.165) is 36.1 Å². The van der Waals surface area contributed by atoms with Gasteiger partial charge in [-0.25, -0.2) is 9.69 Å². The highest BCUT2D eigenvalue weighted by molar-refractivity contribution is 6.39. The SMILES string of the molecule is CCCCCCOc1c(Cl)cc(/C=C2\C(=O)NC(=O)N(c3ccc(C)c(Cl)c3)C2=O)cc1OCC. The van der Waals surface area contributed by atoms with Gasteiger partial charge in [0.25, 0.3) is 11.8 Å². The number of halogens is 2. The molecule has 7 nitrogen and oxygen atoms in total. The van der Waals surface area contributed by atoms with Crippen molar-refractivity contribution in [2.45, 2.75) is 46.5 Å². The summed E-state index contributed by atoms with van der Waals surface area (Å²) in [4.78, 5) is 39.1. The molecule has 1 heterocycles. The van der Waals surface area contributed by atoms with E-state index in [9.17, 15) is 14.4 Å². The molecular weight excluding hydrogens is 491 g/mol. The van der Waals surface area contributed by atoms with Gasteiger partial charge in [0, 0.05) is 5.02 Å². The third-order valence-electron chi connectivity index (χ3n) is 5.40. The van der Waals surface area contributed by atoms with Crippen LogP contribution >= 0.6 is 23.2 Å². The molecule has 1 N–H and O–H groups in total. The van der Waals surface area contributed by atoms with Crippen molar-refractivity contribution < 1.29 is 23.9 Å². The molecule has 9 heteroatoms. The molecule has 35 heavy (non-hydrogen) atoms. The van der Waals surface area contributed by atoms with Gasteiger partial charge < -0.3 is 9.47 Å². The Labute approximate surface area is 215 Å². The second-order valence-electron chi connectivity index (χ2n) is 8.06. The van der Waals surface area contributed by atoms with Crippen molar-refractivity contribution in [2.24, 2.45) is 0 Å². The summed E-state index contributed by atoms with van der Waals surface area (Å²) < 4.78 is 11.6. The quantitative estimate of drug-likeness (QED) is 0.225. The number of unbranched alkanes of at least 4 members (excludes halogenated alkanes) is 3. The molecule has 2 aromatic carbocycles. The van der Waals surface area contributed by atoms with Crippen LogP contribution in [-0.4, -0.2) is 31.1 Å². The van der Waals surface area contributed by atoms with Gasteiger partial charge in [0.2, 0.25) is 0 Å². The van der Waals surface area contributed by atoms with Gasteiger partial charge in [0.05, 0.1) is 23.9 Å². The Morgan fingerprint density at radius 3 is 2.43 bits per heavy atom. The number of amides is 4. The van der Waals surface area contributed by atoms with Crippen LogP contribution < -0.4 is 19.7 Å². The number of ether oxygens (including phenoxy) is 2. The number of carbonyl (C=O) groups excluding carboxylic acids is 3. The number of imide groups is 2. The highest BCUT2D eigenvalue weighted by Crippen LogP contribution is 2.38. The molecule has 0 aliphatic carbocycles. The molecule has 3 rings (SSSR count). The summed E-state index contributed by atoms with van der Waals surface area (Å²) in [5.74, 6) is -0.759. The average Bonchev–Trinajstić information content (AvgIpc) is 2.80. The van der Waals surface area contributed by atoms with Crippen LogP contribution in [0.15, 0.2) is 35.9 Å². The first-order valence-corrected chi connectivity index (χ1v) is 12.3. The molecule has 0 radical (unpaired) electrons. The largest absolute Gasteiger partial charge is 0.490 e. The predicted octanol–water partition coefficient (Wildman–Crippen LogP) is 6.33. The minimum atomic E-state index is -0.850. The number of aryl methyl sites for hydroxylation is 1. The highest BCUT2D eigenvalue weighted by atomic mass is 35.5. The van der Waals surface area contributed by atoms with Gasteiger partial charge in [-0.2, -0.15) is 0 Å². The Hall–Kier alpha value is -3.03. The lowest BCUT2D eigenvalue weighted by Crippen LogP contribution is -2.54. The predicted molar refractivity (Wildman–Crippen MR) is 137 cm³/mol. The minimum absolute atomic E-state index is 0.229. The first-order chi connectivity index (χ1) is 16.8. The van der Waals surface area contributed by atoms with Crippen molar-refractivity contribution in [3.05, 3.63) is 57.1 Å². The van der Waals surface area contributed by atoms with Crippen LogP contribution in [0.2, 0.25) is 10.0 Å². The number of hydrogen-bond donors (Lipinski definition) is 1. The van der Waals surface area contributed by atoms with Crippen LogP contribution in [0.5, 0.6) is 11.5 Å². The van der Waals surface area contributed by atoms with Crippen LogP contribution in [-0.2, 0) is 9.59 Å². The number of urea groups is 1. The third-order valence-corrected chi connectivity index (χ3v) is 6.09. The van der Waals surface area contributed by atoms with Gasteiger partial charge in [-0.1, -0.05) is 55.5 Å². The number of barbiturate groups is 1. The van der Waals surface area contributed by atoms with Gasteiger partial charge in [-0.15, -0.1) is 0 Å². The molecule has 4 amide bonds. The summed E-state index contributed by atoms with van der Waals surface area (Å²) in [6, 6.07) is 7.15. The van der Waals surface area contributed by atoms with Gasteiger partial charge >= 0.3 is 6.03 Å². The van der Waals surface area contributed by atoms with E-state index >= 15 is 0 Å². The Kier molecular flexibility index (Phi) is 9.18. The van der Waals surface area contributed by atoms with E-state index < -0.39 is 17.8 Å². The molecular formula is C26H28Cl2N2O5. The van der Waals surface area contributed by atoms with Crippen LogP contribution in [0.25, 0.3) is 6.08 Å². The minimum Gasteiger partial charge on any atom is -0.490 e. The lowest BCUT2D eigenvalue weighted by atomic mass is 10.1. The molecule has 0 bridgehead atoms. The highest BCUT2D eigenvalue weighted by Gasteiger charge is 2.37. The number of nitrogens with zero attached hydrogens (tertiary/aromatic N) is 1. The van der Waals surface area contributed by atoms with Crippen molar-refractivity contribution in [3.63, 3.8) is 0 Å². The van der Waals surface area contributed by atoms with E-state index in [1.54, 1.807) is 31.2 Å². The van der Waals surface area contributed by atoms with Crippen LogP contribution in [0.1, 0.15) is 50.7 Å². The summed E-state index contributed by atoms with van der Waals surface area (Å²) in [6.45, 7) is 6.64. The van der Waals surface area contributed by atoms with Gasteiger partial charge in [-0.3, -0.25) is 14.9 Å². The lowest BCUT2D eigenvalue weighted by Gasteiger charge is -2.26. The average molecular weight is 519 g/mol. The molecule has 1 fully saturated rings. The molecule has 0 atom stereocenters. The van der Waals surface area contributed by atoms with E-state index in [-0.39, 0.29) is 11.3 Å². The van der Waals surface area contributed by atoms with Gasteiger partial charge in [0.1, 0.15) is 5.57 Å². The van der Waals surface area contributed by atoms with Crippen LogP contribution in [0, 0.1) is 6.92 Å². The fourth-order valence-electron chi connectivity index (χ4n) is 3.56. The first kappa shape index (κ1) is 26.6. The molecule has 186 valence electrons. The topological polar surface area (TPSA) is 84.9 Å². The van der Waals surface area contributed by atoms with E-state index in [0.29, 0.717) is 40.3 Å². The number of benzene rings is 2. The molecule has 1 aliphatic rings. The summed E-state index contributed by atoms with van der Waals surface area (Å²) in [5.41, 5.74) is 1.26. The summed E-state index contributed by atoms with van der Waals surface area (Å²) in [5, 5.41) is 2.88. The Balaban J connectivity index is 1.92. The van der Waals surface area contributed by atoms with Crippen molar-refractivity contribution in [3.8, 4) is 11.5 Å². The zero-order chi connectivity index (χ0) is 25.5. The number of hydrogen-bond acceptors (Lipinski definition) is 5. The molecule has 0 saturated carbocycles. The van der Waals surface area contributed by atoms with E-state index in [2.05, 4.69) is 12.2 Å². The van der Waals surface area contributed by atoms with Gasteiger partial charge in [0.15, 0.2) is 11.5 Å². The van der Waals surface area contributed by atoms with Crippen molar-refractivity contribution in [1.82, 2.24) is 5.32 Å². The second-order valence-corrected chi connectivity index (χ2v) is 8.88. The van der Waals surface area contributed by atoms with E-state index in [1.807, 2.05) is 6.92 Å². The first-order valence-electron chi connectivity index (χ1n) is 11.5. The maximum absolute atomic E-state index is 13.2. The molecule has 0 unspecified atom stereocenters. The zero-order valence-electron chi connectivity index (χ0n) is 20.0. The molecule has 0 spiro atoms. The fourth-order valence-corrected chi connectivity index (χ4v) is 4.01. The molecule has 1 aliphatic heterocycles. The standard InChI is InChI=1S/C26H28Cl2N2O5/c1-4-6-7-8-11-35-23-21(28)13-17(14-22(23)34-5-2)12-19-24(31)29-26(33)30(25(19)32)18-10-9-16(3)20(27)15-18/h9-10,12-15H,4-8,11H2,1-3H3,(H,29,31,33)/b19-12+. The summed E-state index contributed by atoms with van der Waals surface area (Å²) in [7, 11) is 0. The number of anilines is 1. The summed E-state index contributed by atoms with van der Waals surface area (Å²) in [6.07, 6.45) is 5.57. The van der Waals surface area contributed by atoms with Crippen molar-refractivity contribution >= 4 is 52.8 Å². The Morgan fingerprint density at radius 1 is 0.971 bits per heavy atom. The normalized spacial score (nSPS) is 14.9. The van der Waals surface area contributed by atoms with Crippen molar-refractivity contribution in [1.29, 1.82) is 0 Å².